The summed E-state index contributed by atoms with van der Waals surface area (Å²) in [7, 11) is 0. The van der Waals surface area contributed by atoms with Crippen LogP contribution >= 0.6 is 35.2 Å². The highest BCUT2D eigenvalue weighted by Gasteiger charge is 2.28. The summed E-state index contributed by atoms with van der Waals surface area (Å²) in [6.45, 7) is 0. The molecule has 1 saturated carbocycles. The third-order valence-electron chi connectivity index (χ3n) is 3.54. The number of halogens is 1. The summed E-state index contributed by atoms with van der Waals surface area (Å²) < 4.78 is 0. The van der Waals surface area contributed by atoms with Gasteiger partial charge in [-0.2, -0.15) is 0 Å². The Morgan fingerprint density at radius 1 is 1.47 bits per heavy atom. The first kappa shape index (κ1) is 14.8. The quantitative estimate of drug-likeness (QED) is 0.837. The van der Waals surface area contributed by atoms with E-state index in [1.165, 1.54) is 30.6 Å². The van der Waals surface area contributed by atoms with Gasteiger partial charge in [0.15, 0.2) is 0 Å². The Morgan fingerprint density at radius 2 is 2.16 bits per heavy atom. The fourth-order valence-corrected chi connectivity index (χ4v) is 3.85. The fourth-order valence-electron chi connectivity index (χ4n) is 2.55. The number of nitrogens with one attached hydrogen (secondary N) is 1. The van der Waals surface area contributed by atoms with Crippen molar-refractivity contribution in [2.45, 2.75) is 38.1 Å². The van der Waals surface area contributed by atoms with Gasteiger partial charge in [0.05, 0.1) is 16.1 Å². The van der Waals surface area contributed by atoms with Crippen LogP contribution in [0.3, 0.4) is 0 Å². The van der Waals surface area contributed by atoms with E-state index in [-0.39, 0.29) is 11.9 Å². The molecule has 19 heavy (non-hydrogen) atoms. The molecular weight excluding hydrogens is 300 g/mol. The smallest absolute Gasteiger partial charge is 0.263 e. The molecule has 1 atom stereocenters. The van der Waals surface area contributed by atoms with Crippen molar-refractivity contribution in [2.24, 2.45) is 11.7 Å². The first-order chi connectivity index (χ1) is 9.09. The molecule has 0 bridgehead atoms. The summed E-state index contributed by atoms with van der Waals surface area (Å²) in [5.74, 6) is 0.178. The lowest BCUT2D eigenvalue weighted by Crippen LogP contribution is -2.48. The Hall–Kier alpha value is -0.650. The number of carbonyl (C=O) groups excluding carboxylic acids is 1. The first-order valence-electron chi connectivity index (χ1n) is 6.42. The second-order valence-corrected chi connectivity index (χ2v) is 6.64. The SMILES string of the molecule is NC(=S)C(NC(=O)c1sccc1Cl)C1CCCCC1. The van der Waals surface area contributed by atoms with Crippen molar-refractivity contribution >= 4 is 46.1 Å². The molecule has 0 aromatic carbocycles. The minimum atomic E-state index is -0.221. The van der Waals surface area contributed by atoms with Gasteiger partial charge in [-0.25, -0.2) is 0 Å². The average molecular weight is 317 g/mol. The molecule has 1 aromatic heterocycles. The number of thiophene rings is 1. The number of carbonyl (C=O) groups is 1. The molecule has 6 heteroatoms. The van der Waals surface area contributed by atoms with E-state index in [9.17, 15) is 4.79 Å². The molecule has 1 aliphatic carbocycles. The second kappa shape index (κ2) is 6.68. The maximum atomic E-state index is 12.2. The van der Waals surface area contributed by atoms with Crippen molar-refractivity contribution in [1.29, 1.82) is 0 Å². The van der Waals surface area contributed by atoms with Gasteiger partial charge < -0.3 is 11.1 Å². The zero-order chi connectivity index (χ0) is 13.8. The zero-order valence-electron chi connectivity index (χ0n) is 10.5. The van der Waals surface area contributed by atoms with E-state index in [1.54, 1.807) is 11.4 Å². The molecule has 1 aliphatic rings. The number of hydrogen-bond donors (Lipinski definition) is 2. The van der Waals surface area contributed by atoms with Crippen LogP contribution in [0.4, 0.5) is 0 Å². The van der Waals surface area contributed by atoms with Gasteiger partial charge in [-0.05, 0) is 30.2 Å². The minimum Gasteiger partial charge on any atom is -0.392 e. The molecule has 104 valence electrons. The van der Waals surface area contributed by atoms with E-state index < -0.39 is 0 Å². The maximum absolute atomic E-state index is 12.2. The van der Waals surface area contributed by atoms with Crippen molar-refractivity contribution in [1.82, 2.24) is 5.32 Å². The van der Waals surface area contributed by atoms with Crippen LogP contribution in [0.1, 0.15) is 41.8 Å². The number of nitrogens with two attached hydrogens (primary N) is 1. The van der Waals surface area contributed by atoms with Crippen molar-refractivity contribution in [2.75, 3.05) is 0 Å². The van der Waals surface area contributed by atoms with Crippen molar-refractivity contribution in [3.05, 3.63) is 21.3 Å². The molecule has 3 N–H and O–H groups in total. The normalized spacial score (nSPS) is 17.9. The van der Waals surface area contributed by atoms with Crippen LogP contribution in [0.5, 0.6) is 0 Å². The molecule has 2 rings (SSSR count). The number of rotatable bonds is 4. The molecule has 0 saturated heterocycles. The standard InChI is InChI=1S/C13H17ClN2OS2/c14-9-6-7-19-11(9)13(17)16-10(12(15)18)8-4-2-1-3-5-8/h6-8,10H,1-5H2,(H2,15,18)(H,16,17). The summed E-state index contributed by atoms with van der Waals surface area (Å²) in [5.41, 5.74) is 5.79. The Bertz CT molecular complexity index is 469. The lowest BCUT2D eigenvalue weighted by atomic mass is 9.84. The van der Waals surface area contributed by atoms with Crippen LogP contribution in [-0.2, 0) is 0 Å². The van der Waals surface area contributed by atoms with Crippen LogP contribution in [0.2, 0.25) is 5.02 Å². The van der Waals surface area contributed by atoms with Gasteiger partial charge >= 0.3 is 0 Å². The molecule has 0 radical (unpaired) electrons. The Kier molecular flexibility index (Phi) is 5.19. The minimum absolute atomic E-state index is 0.177. The monoisotopic (exact) mass is 316 g/mol. The van der Waals surface area contributed by atoms with E-state index >= 15 is 0 Å². The van der Waals surface area contributed by atoms with Crippen molar-refractivity contribution < 1.29 is 4.79 Å². The molecular formula is C13H17ClN2OS2. The lowest BCUT2D eigenvalue weighted by molar-refractivity contribution is 0.0936. The average Bonchev–Trinajstić information content (AvgIpc) is 2.82. The first-order valence-corrected chi connectivity index (χ1v) is 8.09. The van der Waals surface area contributed by atoms with Gasteiger partial charge in [0.25, 0.3) is 5.91 Å². The van der Waals surface area contributed by atoms with Crippen LogP contribution in [0.25, 0.3) is 0 Å². The van der Waals surface area contributed by atoms with Gasteiger partial charge in [0.1, 0.15) is 4.88 Å². The van der Waals surface area contributed by atoms with Crippen LogP contribution in [0, 0.1) is 5.92 Å². The molecule has 1 unspecified atom stereocenters. The summed E-state index contributed by atoms with van der Waals surface area (Å²) in [6, 6.07) is 1.50. The highest BCUT2D eigenvalue weighted by atomic mass is 35.5. The second-order valence-electron chi connectivity index (χ2n) is 4.85. The van der Waals surface area contributed by atoms with E-state index in [4.69, 9.17) is 29.6 Å². The summed E-state index contributed by atoms with van der Waals surface area (Å²) in [6.07, 6.45) is 5.75. The molecule has 1 fully saturated rings. The van der Waals surface area contributed by atoms with Crippen LogP contribution < -0.4 is 11.1 Å². The van der Waals surface area contributed by atoms with Crippen molar-refractivity contribution in [3.63, 3.8) is 0 Å². The van der Waals surface area contributed by atoms with Gasteiger partial charge in [-0.3, -0.25) is 4.79 Å². The predicted molar refractivity (Wildman–Crippen MR) is 83.9 cm³/mol. The fraction of sp³-hybridized carbons (Fsp3) is 0.538. The molecule has 0 spiro atoms. The number of hydrogen-bond acceptors (Lipinski definition) is 3. The van der Waals surface area contributed by atoms with E-state index in [0.29, 0.717) is 20.8 Å². The van der Waals surface area contributed by atoms with E-state index in [2.05, 4.69) is 5.32 Å². The lowest BCUT2D eigenvalue weighted by Gasteiger charge is -2.30. The third kappa shape index (κ3) is 3.68. The Morgan fingerprint density at radius 3 is 2.68 bits per heavy atom. The summed E-state index contributed by atoms with van der Waals surface area (Å²) in [4.78, 5) is 13.1. The predicted octanol–water partition coefficient (Wildman–Crippen LogP) is 3.37. The topological polar surface area (TPSA) is 55.1 Å². The molecule has 3 nitrogen and oxygen atoms in total. The Labute approximate surface area is 127 Å². The van der Waals surface area contributed by atoms with E-state index in [1.807, 2.05) is 0 Å². The van der Waals surface area contributed by atoms with Gasteiger partial charge in [-0.15, -0.1) is 11.3 Å². The maximum Gasteiger partial charge on any atom is 0.263 e. The molecule has 1 aromatic rings. The number of thiocarbonyl (C=S) groups is 1. The number of amides is 1. The van der Waals surface area contributed by atoms with Crippen LogP contribution in [0.15, 0.2) is 11.4 Å². The van der Waals surface area contributed by atoms with Crippen LogP contribution in [-0.4, -0.2) is 16.9 Å². The molecule has 1 heterocycles. The highest BCUT2D eigenvalue weighted by molar-refractivity contribution is 7.80. The summed E-state index contributed by atoms with van der Waals surface area (Å²) in [5, 5.41) is 5.23. The molecule has 0 aliphatic heterocycles. The van der Waals surface area contributed by atoms with Gasteiger partial charge in [0, 0.05) is 0 Å². The van der Waals surface area contributed by atoms with Gasteiger partial charge in [-0.1, -0.05) is 43.1 Å². The highest BCUT2D eigenvalue weighted by Crippen LogP contribution is 2.28. The zero-order valence-corrected chi connectivity index (χ0v) is 12.9. The third-order valence-corrected chi connectivity index (χ3v) is 5.13. The summed E-state index contributed by atoms with van der Waals surface area (Å²) >= 11 is 12.4. The molecule has 1 amide bonds. The van der Waals surface area contributed by atoms with E-state index in [0.717, 1.165) is 12.8 Å². The van der Waals surface area contributed by atoms with Gasteiger partial charge in [0.2, 0.25) is 0 Å². The van der Waals surface area contributed by atoms with Crippen molar-refractivity contribution in [3.8, 4) is 0 Å². The largest absolute Gasteiger partial charge is 0.392 e. The Balaban J connectivity index is 2.06.